The van der Waals surface area contributed by atoms with E-state index in [1.54, 1.807) is 0 Å². The molecule has 9 heteroatoms. The summed E-state index contributed by atoms with van der Waals surface area (Å²) >= 11 is 1.01. The molecule has 1 amide bonds. The van der Waals surface area contributed by atoms with Crippen molar-refractivity contribution in [2.75, 3.05) is 6.54 Å². The number of aromatic hydroxyl groups is 1. The number of thioether (sulfide) groups is 1. The number of carbonyl (C=O) groups is 1. The highest BCUT2D eigenvalue weighted by molar-refractivity contribution is 7.98. The molecule has 1 aliphatic carbocycles. The lowest BCUT2D eigenvalue weighted by Crippen LogP contribution is -2.27. The second-order valence-corrected chi connectivity index (χ2v) is 8.62. The van der Waals surface area contributed by atoms with E-state index in [-0.39, 0.29) is 39.8 Å². The number of carbonyl (C=O) groups excluding carboxylic acids is 1. The van der Waals surface area contributed by atoms with Crippen molar-refractivity contribution in [1.29, 1.82) is 5.26 Å². The largest absolute Gasteiger partial charge is 0.492 e. The van der Waals surface area contributed by atoms with Crippen LogP contribution in [0.1, 0.15) is 34.7 Å². The van der Waals surface area contributed by atoms with Crippen LogP contribution >= 0.6 is 11.8 Å². The zero-order valence-corrected chi connectivity index (χ0v) is 18.3. The first kappa shape index (κ1) is 22.7. The van der Waals surface area contributed by atoms with Crippen molar-refractivity contribution in [3.05, 3.63) is 82.5 Å². The number of rotatable bonds is 8. The number of nitrogens with one attached hydrogen (secondary N) is 1. The zero-order valence-electron chi connectivity index (χ0n) is 17.5. The number of halogens is 2. The molecule has 2 atom stereocenters. The molecule has 0 aliphatic heterocycles. The summed E-state index contributed by atoms with van der Waals surface area (Å²) in [7, 11) is 0. The Balaban J connectivity index is 1.42. The second-order valence-electron chi connectivity index (χ2n) is 7.68. The molecule has 6 nitrogen and oxygen atoms in total. The minimum Gasteiger partial charge on any atom is -0.492 e. The van der Waals surface area contributed by atoms with Gasteiger partial charge in [-0.2, -0.15) is 10.2 Å². The van der Waals surface area contributed by atoms with E-state index >= 15 is 0 Å². The van der Waals surface area contributed by atoms with Crippen LogP contribution in [0.3, 0.4) is 0 Å². The van der Waals surface area contributed by atoms with E-state index in [1.807, 2.05) is 36.4 Å². The third-order valence-electron chi connectivity index (χ3n) is 5.43. The number of nitriles is 1. The fourth-order valence-corrected chi connectivity index (χ4v) is 4.40. The van der Waals surface area contributed by atoms with Gasteiger partial charge in [-0.05, 0) is 24.5 Å². The van der Waals surface area contributed by atoms with Crippen molar-refractivity contribution in [3.8, 4) is 11.9 Å². The summed E-state index contributed by atoms with van der Waals surface area (Å²) in [5, 5.41) is 22.7. The van der Waals surface area contributed by atoms with Gasteiger partial charge in [0.15, 0.2) is 16.8 Å². The summed E-state index contributed by atoms with van der Waals surface area (Å²) < 4.78 is 27.3. The molecule has 0 spiro atoms. The predicted octanol–water partition coefficient (Wildman–Crippen LogP) is 4.09. The smallest absolute Gasteiger partial charge is 0.233 e. The highest BCUT2D eigenvalue weighted by Gasteiger charge is 2.46. The van der Waals surface area contributed by atoms with Crippen LogP contribution in [0.2, 0.25) is 0 Å². The maximum Gasteiger partial charge on any atom is 0.233 e. The van der Waals surface area contributed by atoms with Gasteiger partial charge in [0.05, 0.1) is 5.69 Å². The molecular formula is C24H20F2N4O2S. The standard InChI is InChI=1S/C24H20F2N4O2S/c25-19-8-4-7-15(20(19)26)13-33-24-29-21(18(12-27)23(32)30-24)16-11-17(16)22(31)28-10-9-14-5-2-1-3-6-14/h1-8,16-17H,9-11,13H2,(H,28,31)(H,29,30,32). The first-order valence-electron chi connectivity index (χ1n) is 10.4. The molecule has 4 rings (SSSR count). The Morgan fingerprint density at radius 1 is 1.18 bits per heavy atom. The Morgan fingerprint density at radius 2 is 1.97 bits per heavy atom. The Kier molecular flexibility index (Phi) is 6.84. The molecular weight excluding hydrogens is 446 g/mol. The monoisotopic (exact) mass is 466 g/mol. The number of aromatic nitrogens is 2. The molecule has 2 N–H and O–H groups in total. The van der Waals surface area contributed by atoms with Gasteiger partial charge in [0.25, 0.3) is 0 Å². The van der Waals surface area contributed by atoms with Crippen LogP contribution in [0.25, 0.3) is 0 Å². The van der Waals surface area contributed by atoms with E-state index in [2.05, 4.69) is 15.3 Å². The van der Waals surface area contributed by atoms with Gasteiger partial charge in [0, 0.05) is 29.7 Å². The van der Waals surface area contributed by atoms with Gasteiger partial charge in [0.2, 0.25) is 11.8 Å². The van der Waals surface area contributed by atoms with Gasteiger partial charge in [-0.3, -0.25) is 4.79 Å². The van der Waals surface area contributed by atoms with E-state index in [1.165, 1.54) is 12.1 Å². The van der Waals surface area contributed by atoms with Crippen molar-refractivity contribution >= 4 is 17.7 Å². The zero-order chi connectivity index (χ0) is 23.4. The molecule has 2 aromatic carbocycles. The number of amides is 1. The van der Waals surface area contributed by atoms with Gasteiger partial charge in [-0.15, -0.1) is 0 Å². The molecule has 33 heavy (non-hydrogen) atoms. The first-order chi connectivity index (χ1) is 16.0. The molecule has 1 aromatic heterocycles. The Bertz CT molecular complexity index is 1220. The van der Waals surface area contributed by atoms with Crippen molar-refractivity contribution in [2.45, 2.75) is 29.7 Å². The quantitative estimate of drug-likeness (QED) is 0.383. The fourth-order valence-electron chi connectivity index (χ4n) is 3.58. The van der Waals surface area contributed by atoms with Crippen LogP contribution in [0.5, 0.6) is 5.88 Å². The first-order valence-corrected chi connectivity index (χ1v) is 11.3. The van der Waals surface area contributed by atoms with E-state index in [0.29, 0.717) is 25.1 Å². The van der Waals surface area contributed by atoms with Crippen molar-refractivity contribution < 1.29 is 18.7 Å². The minimum atomic E-state index is -0.948. The van der Waals surface area contributed by atoms with Crippen LogP contribution in [0, 0.1) is 28.9 Å². The number of benzene rings is 2. The van der Waals surface area contributed by atoms with E-state index in [4.69, 9.17) is 0 Å². The topological polar surface area (TPSA) is 98.9 Å². The van der Waals surface area contributed by atoms with Gasteiger partial charge in [-0.1, -0.05) is 54.2 Å². The highest BCUT2D eigenvalue weighted by atomic mass is 32.2. The summed E-state index contributed by atoms with van der Waals surface area (Å²) in [5.74, 6) is -3.12. The van der Waals surface area contributed by atoms with Gasteiger partial charge in [-0.25, -0.2) is 13.8 Å². The average Bonchev–Trinajstić information content (AvgIpc) is 3.61. The van der Waals surface area contributed by atoms with Crippen LogP contribution in [0.4, 0.5) is 8.78 Å². The van der Waals surface area contributed by atoms with E-state index in [0.717, 1.165) is 23.4 Å². The van der Waals surface area contributed by atoms with Crippen LogP contribution in [-0.2, 0) is 17.0 Å². The molecule has 168 valence electrons. The molecule has 1 heterocycles. The Labute approximate surface area is 193 Å². The molecule has 1 aliphatic rings. The van der Waals surface area contributed by atoms with E-state index < -0.39 is 17.5 Å². The van der Waals surface area contributed by atoms with Gasteiger partial charge >= 0.3 is 0 Å². The minimum absolute atomic E-state index is 0.0441. The molecule has 3 aromatic rings. The Morgan fingerprint density at radius 3 is 2.73 bits per heavy atom. The Hall–Kier alpha value is -3.51. The number of hydrogen-bond donors (Lipinski definition) is 2. The van der Waals surface area contributed by atoms with Crippen LogP contribution in [-0.4, -0.2) is 27.5 Å². The maximum atomic E-state index is 13.9. The summed E-state index contributed by atoms with van der Waals surface area (Å²) in [6.07, 6.45) is 1.21. The third-order valence-corrected chi connectivity index (χ3v) is 6.33. The average molecular weight is 467 g/mol. The fraction of sp³-hybridized carbons (Fsp3) is 0.250. The van der Waals surface area contributed by atoms with Crippen LogP contribution < -0.4 is 5.32 Å². The van der Waals surface area contributed by atoms with Crippen molar-refractivity contribution in [3.63, 3.8) is 0 Å². The normalized spacial score (nSPS) is 16.8. The summed E-state index contributed by atoms with van der Waals surface area (Å²) in [5.41, 5.74) is 1.49. The molecule has 1 saturated carbocycles. The predicted molar refractivity (Wildman–Crippen MR) is 118 cm³/mol. The lowest BCUT2D eigenvalue weighted by Gasteiger charge is -2.09. The summed E-state index contributed by atoms with van der Waals surface area (Å²) in [4.78, 5) is 20.8. The summed E-state index contributed by atoms with van der Waals surface area (Å²) in [6, 6.07) is 15.6. The second kappa shape index (κ2) is 9.96. The molecule has 0 radical (unpaired) electrons. The number of nitrogens with zero attached hydrogens (tertiary/aromatic N) is 3. The lowest BCUT2D eigenvalue weighted by molar-refractivity contribution is -0.122. The maximum absolute atomic E-state index is 13.9. The van der Waals surface area contributed by atoms with Gasteiger partial charge in [0.1, 0.15) is 11.6 Å². The van der Waals surface area contributed by atoms with E-state index in [9.17, 15) is 23.9 Å². The van der Waals surface area contributed by atoms with Crippen molar-refractivity contribution in [2.24, 2.45) is 5.92 Å². The van der Waals surface area contributed by atoms with Crippen molar-refractivity contribution in [1.82, 2.24) is 15.3 Å². The molecule has 0 saturated heterocycles. The third kappa shape index (κ3) is 5.29. The molecule has 0 bridgehead atoms. The molecule has 2 unspecified atom stereocenters. The summed E-state index contributed by atoms with van der Waals surface area (Å²) in [6.45, 7) is 0.493. The lowest BCUT2D eigenvalue weighted by atomic mass is 10.1. The SMILES string of the molecule is N#Cc1c(O)nc(SCc2cccc(F)c2F)nc1C1CC1C(=O)NCCc1ccccc1. The highest BCUT2D eigenvalue weighted by Crippen LogP contribution is 2.49. The van der Waals surface area contributed by atoms with Crippen LogP contribution in [0.15, 0.2) is 53.7 Å². The van der Waals surface area contributed by atoms with Gasteiger partial charge < -0.3 is 10.4 Å². The number of hydrogen-bond acceptors (Lipinski definition) is 6. The molecule has 1 fully saturated rings.